The van der Waals surface area contributed by atoms with Crippen LogP contribution in [-0.4, -0.2) is 28.0 Å². The van der Waals surface area contributed by atoms with Gasteiger partial charge in [0.15, 0.2) is 0 Å². The topological polar surface area (TPSA) is 81.8 Å². The number of nitrogens with one attached hydrogen (secondary N) is 1. The molecule has 0 aliphatic rings. The molecule has 0 unspecified atom stereocenters. The average molecular weight is 269 g/mol. The largest absolute Gasteiger partial charge is 0.274 e. The van der Waals surface area contributed by atoms with Crippen LogP contribution in [0.4, 0.5) is 0 Å². The Hall–Kier alpha value is -1.67. The molecule has 2 heterocycles. The molecule has 0 bridgehead atoms. The highest BCUT2D eigenvalue weighted by Gasteiger charge is 2.19. The van der Waals surface area contributed by atoms with E-state index in [1.807, 2.05) is 0 Å². The Kier molecular flexibility index (Phi) is 3.22. The molecule has 8 heteroatoms. The Bertz CT molecular complexity index is 656. The van der Waals surface area contributed by atoms with Crippen LogP contribution in [-0.2, 0) is 30.7 Å². The fourth-order valence-corrected chi connectivity index (χ4v) is 2.88. The van der Waals surface area contributed by atoms with E-state index in [0.717, 1.165) is 5.69 Å². The summed E-state index contributed by atoms with van der Waals surface area (Å²) in [6.45, 7) is 1.87. The molecule has 2 rings (SSSR count). The SMILES string of the molecule is Cc1nn(C)cc1S(=O)(=O)NCc1ccnn1C. The lowest BCUT2D eigenvalue weighted by atomic mass is 10.4. The standard InChI is InChI=1S/C10H15N5O2S/c1-8-10(7-14(2)13-8)18(16,17)12-6-9-4-5-11-15(9)3/h4-5,7,12H,6H2,1-3H3. The lowest BCUT2D eigenvalue weighted by Crippen LogP contribution is -2.24. The quantitative estimate of drug-likeness (QED) is 0.843. The molecule has 0 saturated carbocycles. The van der Waals surface area contributed by atoms with Crippen molar-refractivity contribution < 1.29 is 8.42 Å². The third-order valence-corrected chi connectivity index (χ3v) is 4.13. The summed E-state index contributed by atoms with van der Waals surface area (Å²) >= 11 is 0. The summed E-state index contributed by atoms with van der Waals surface area (Å²) in [5.74, 6) is 0. The Morgan fingerprint density at radius 3 is 2.61 bits per heavy atom. The van der Waals surface area contributed by atoms with Crippen LogP contribution >= 0.6 is 0 Å². The summed E-state index contributed by atoms with van der Waals surface area (Å²) in [7, 11) is -0.0869. The van der Waals surface area contributed by atoms with Crippen molar-refractivity contribution in [1.29, 1.82) is 0 Å². The first-order chi connectivity index (χ1) is 8.40. The van der Waals surface area contributed by atoms with Crippen LogP contribution in [0.15, 0.2) is 23.4 Å². The highest BCUT2D eigenvalue weighted by atomic mass is 32.2. The number of aromatic nitrogens is 4. The van der Waals surface area contributed by atoms with Gasteiger partial charge in [-0.3, -0.25) is 9.36 Å². The van der Waals surface area contributed by atoms with E-state index in [4.69, 9.17) is 0 Å². The van der Waals surface area contributed by atoms with E-state index in [1.165, 1.54) is 10.9 Å². The van der Waals surface area contributed by atoms with Gasteiger partial charge >= 0.3 is 0 Å². The Labute approximate surface area is 105 Å². The van der Waals surface area contributed by atoms with Crippen molar-refractivity contribution in [2.75, 3.05) is 0 Å². The summed E-state index contributed by atoms with van der Waals surface area (Å²) in [4.78, 5) is 0.201. The molecule has 0 aromatic carbocycles. The van der Waals surface area contributed by atoms with Gasteiger partial charge in [0.25, 0.3) is 0 Å². The van der Waals surface area contributed by atoms with Gasteiger partial charge in [-0.05, 0) is 13.0 Å². The summed E-state index contributed by atoms with van der Waals surface area (Å²) in [5, 5.41) is 8.00. The molecular weight excluding hydrogens is 254 g/mol. The number of rotatable bonds is 4. The molecule has 7 nitrogen and oxygen atoms in total. The predicted molar refractivity (Wildman–Crippen MR) is 65.2 cm³/mol. The summed E-state index contributed by atoms with van der Waals surface area (Å²) in [6, 6.07) is 1.76. The van der Waals surface area contributed by atoms with E-state index in [1.54, 1.807) is 38.0 Å². The Morgan fingerprint density at radius 2 is 2.11 bits per heavy atom. The minimum atomic E-state index is -3.54. The fraction of sp³-hybridized carbons (Fsp3) is 0.400. The molecule has 2 aromatic rings. The molecule has 18 heavy (non-hydrogen) atoms. The maximum Gasteiger partial charge on any atom is 0.244 e. The molecule has 0 aliphatic heterocycles. The fourth-order valence-electron chi connectivity index (χ4n) is 1.66. The number of sulfonamides is 1. The van der Waals surface area contributed by atoms with Crippen molar-refractivity contribution in [1.82, 2.24) is 24.3 Å². The summed E-state index contributed by atoms with van der Waals surface area (Å²) in [5.41, 5.74) is 1.27. The van der Waals surface area contributed by atoms with Gasteiger partial charge in [-0.2, -0.15) is 10.2 Å². The van der Waals surface area contributed by atoms with Crippen LogP contribution in [0.25, 0.3) is 0 Å². The van der Waals surface area contributed by atoms with Crippen LogP contribution in [0.3, 0.4) is 0 Å². The van der Waals surface area contributed by atoms with Gasteiger partial charge < -0.3 is 0 Å². The van der Waals surface area contributed by atoms with Crippen LogP contribution in [0.1, 0.15) is 11.4 Å². The number of hydrogen-bond acceptors (Lipinski definition) is 4. The van der Waals surface area contributed by atoms with E-state index < -0.39 is 10.0 Å². The zero-order chi connectivity index (χ0) is 13.3. The van der Waals surface area contributed by atoms with Crippen LogP contribution in [0.5, 0.6) is 0 Å². The molecule has 0 fully saturated rings. The normalized spacial score (nSPS) is 11.9. The minimum absolute atomic E-state index is 0.201. The van der Waals surface area contributed by atoms with Crippen molar-refractivity contribution in [3.63, 3.8) is 0 Å². The monoisotopic (exact) mass is 269 g/mol. The second kappa shape index (κ2) is 4.54. The molecular formula is C10H15N5O2S. The molecule has 0 spiro atoms. The minimum Gasteiger partial charge on any atom is -0.274 e. The van der Waals surface area contributed by atoms with E-state index in [2.05, 4.69) is 14.9 Å². The van der Waals surface area contributed by atoms with Crippen LogP contribution in [0, 0.1) is 6.92 Å². The lowest BCUT2D eigenvalue weighted by molar-refractivity contribution is 0.576. The maximum atomic E-state index is 12.1. The first-order valence-electron chi connectivity index (χ1n) is 5.37. The number of nitrogens with zero attached hydrogens (tertiary/aromatic N) is 4. The second-order valence-electron chi connectivity index (χ2n) is 4.02. The van der Waals surface area contributed by atoms with E-state index in [-0.39, 0.29) is 11.4 Å². The molecule has 2 aromatic heterocycles. The van der Waals surface area contributed by atoms with Gasteiger partial charge in [0.05, 0.1) is 17.9 Å². The van der Waals surface area contributed by atoms with Gasteiger partial charge in [-0.25, -0.2) is 13.1 Å². The smallest absolute Gasteiger partial charge is 0.244 e. The van der Waals surface area contributed by atoms with Gasteiger partial charge in [-0.15, -0.1) is 0 Å². The number of hydrogen-bond donors (Lipinski definition) is 1. The van der Waals surface area contributed by atoms with E-state index in [0.29, 0.717) is 5.69 Å². The van der Waals surface area contributed by atoms with Crippen molar-refractivity contribution in [2.24, 2.45) is 14.1 Å². The Morgan fingerprint density at radius 1 is 1.39 bits per heavy atom. The molecule has 0 aliphatic carbocycles. The second-order valence-corrected chi connectivity index (χ2v) is 5.76. The molecule has 0 amide bonds. The molecule has 98 valence electrons. The van der Waals surface area contributed by atoms with Crippen molar-refractivity contribution >= 4 is 10.0 Å². The zero-order valence-corrected chi connectivity index (χ0v) is 11.3. The van der Waals surface area contributed by atoms with Gasteiger partial charge in [0.2, 0.25) is 10.0 Å². The van der Waals surface area contributed by atoms with Crippen LogP contribution in [0.2, 0.25) is 0 Å². The number of aryl methyl sites for hydroxylation is 3. The van der Waals surface area contributed by atoms with Gasteiger partial charge in [-0.1, -0.05) is 0 Å². The molecule has 0 atom stereocenters. The first-order valence-corrected chi connectivity index (χ1v) is 6.85. The molecule has 0 radical (unpaired) electrons. The highest BCUT2D eigenvalue weighted by Crippen LogP contribution is 2.12. The van der Waals surface area contributed by atoms with Crippen LogP contribution < -0.4 is 4.72 Å². The molecule has 0 saturated heterocycles. The van der Waals surface area contributed by atoms with Gasteiger partial charge in [0, 0.05) is 26.5 Å². The summed E-state index contributed by atoms with van der Waals surface area (Å²) in [6.07, 6.45) is 3.11. The highest BCUT2D eigenvalue weighted by molar-refractivity contribution is 7.89. The van der Waals surface area contributed by atoms with Crippen molar-refractivity contribution in [3.8, 4) is 0 Å². The maximum absolute atomic E-state index is 12.1. The third-order valence-electron chi connectivity index (χ3n) is 2.62. The average Bonchev–Trinajstić information content (AvgIpc) is 2.82. The van der Waals surface area contributed by atoms with Crippen molar-refractivity contribution in [3.05, 3.63) is 29.8 Å². The first kappa shape index (κ1) is 12.8. The summed E-state index contributed by atoms with van der Waals surface area (Å²) < 4.78 is 29.8. The van der Waals surface area contributed by atoms with Gasteiger partial charge in [0.1, 0.15) is 4.90 Å². The Balaban J connectivity index is 2.18. The third kappa shape index (κ3) is 2.44. The molecule has 1 N–H and O–H groups in total. The zero-order valence-electron chi connectivity index (χ0n) is 10.5. The van der Waals surface area contributed by atoms with Crippen molar-refractivity contribution in [2.45, 2.75) is 18.4 Å². The van der Waals surface area contributed by atoms with E-state index >= 15 is 0 Å². The lowest BCUT2D eigenvalue weighted by Gasteiger charge is -2.05. The van der Waals surface area contributed by atoms with E-state index in [9.17, 15) is 8.42 Å². The predicted octanol–water partition coefficient (Wildman–Crippen LogP) is -0.0595.